The highest BCUT2D eigenvalue weighted by molar-refractivity contribution is 5.95. The summed E-state index contributed by atoms with van der Waals surface area (Å²) in [6.45, 7) is 6.21. The Labute approximate surface area is 164 Å². The molecule has 1 aromatic heterocycles. The van der Waals surface area contributed by atoms with Gasteiger partial charge in [0.2, 0.25) is 0 Å². The third-order valence-electron chi connectivity index (χ3n) is 4.73. The van der Waals surface area contributed by atoms with E-state index in [0.29, 0.717) is 23.5 Å². The fourth-order valence-corrected chi connectivity index (χ4v) is 3.17. The lowest BCUT2D eigenvalue weighted by molar-refractivity contribution is 0.0952. The van der Waals surface area contributed by atoms with Crippen LogP contribution in [0.4, 0.5) is 10.1 Å². The Morgan fingerprint density at radius 3 is 2.57 bits per heavy atom. The van der Waals surface area contributed by atoms with Crippen molar-refractivity contribution in [3.8, 4) is 5.69 Å². The summed E-state index contributed by atoms with van der Waals surface area (Å²) in [5.74, 6) is -0.566. The van der Waals surface area contributed by atoms with Crippen LogP contribution in [0.1, 0.15) is 29.4 Å². The Morgan fingerprint density at radius 2 is 1.86 bits per heavy atom. The van der Waals surface area contributed by atoms with Crippen molar-refractivity contribution in [3.63, 3.8) is 0 Å². The molecule has 6 heteroatoms. The molecule has 5 nitrogen and oxygen atoms in total. The van der Waals surface area contributed by atoms with Crippen LogP contribution in [0.5, 0.6) is 0 Å². The molecule has 28 heavy (non-hydrogen) atoms. The van der Waals surface area contributed by atoms with Crippen LogP contribution in [0.25, 0.3) is 5.69 Å². The zero-order valence-electron chi connectivity index (χ0n) is 16.2. The van der Waals surface area contributed by atoms with Gasteiger partial charge in [0.1, 0.15) is 11.5 Å². The monoisotopic (exact) mass is 380 g/mol. The molecule has 0 aliphatic carbocycles. The summed E-state index contributed by atoms with van der Waals surface area (Å²) in [5.41, 5.74) is 2.58. The van der Waals surface area contributed by atoms with E-state index >= 15 is 0 Å². The molecule has 0 bridgehead atoms. The van der Waals surface area contributed by atoms with Gasteiger partial charge in [-0.15, -0.1) is 0 Å². The number of para-hydroxylation sites is 2. The topological polar surface area (TPSA) is 50.2 Å². The van der Waals surface area contributed by atoms with Crippen LogP contribution in [0.15, 0.2) is 60.8 Å². The van der Waals surface area contributed by atoms with Crippen molar-refractivity contribution >= 4 is 11.6 Å². The molecule has 1 N–H and O–H groups in total. The zero-order valence-corrected chi connectivity index (χ0v) is 16.2. The van der Waals surface area contributed by atoms with Gasteiger partial charge < -0.3 is 10.2 Å². The smallest absolute Gasteiger partial charge is 0.254 e. The molecule has 0 radical (unpaired) electrons. The SMILES string of the molecule is CCN(CCCNC(=O)c1cnn(-c2ccccc2F)c1C)c1ccccc1. The third kappa shape index (κ3) is 4.39. The molecule has 0 fully saturated rings. The van der Waals surface area contributed by atoms with E-state index in [4.69, 9.17) is 0 Å². The Morgan fingerprint density at radius 1 is 1.14 bits per heavy atom. The predicted octanol–water partition coefficient (Wildman–Crippen LogP) is 3.97. The molecule has 0 saturated carbocycles. The Balaban J connectivity index is 1.57. The summed E-state index contributed by atoms with van der Waals surface area (Å²) >= 11 is 0. The van der Waals surface area contributed by atoms with Gasteiger partial charge in [0.15, 0.2) is 0 Å². The maximum absolute atomic E-state index is 14.0. The van der Waals surface area contributed by atoms with Crippen LogP contribution in [0.3, 0.4) is 0 Å². The van der Waals surface area contributed by atoms with E-state index in [1.165, 1.54) is 22.6 Å². The van der Waals surface area contributed by atoms with E-state index in [2.05, 4.69) is 34.4 Å². The number of anilines is 1. The van der Waals surface area contributed by atoms with Gasteiger partial charge in [-0.1, -0.05) is 30.3 Å². The van der Waals surface area contributed by atoms with Gasteiger partial charge in [0, 0.05) is 25.3 Å². The number of amides is 1. The molecular weight excluding hydrogens is 355 g/mol. The van der Waals surface area contributed by atoms with Gasteiger partial charge in [-0.3, -0.25) is 4.79 Å². The van der Waals surface area contributed by atoms with Crippen molar-refractivity contribution in [2.24, 2.45) is 0 Å². The fraction of sp³-hybridized carbons (Fsp3) is 0.273. The molecule has 0 aliphatic rings. The molecule has 0 unspecified atom stereocenters. The lowest BCUT2D eigenvalue weighted by atomic mass is 10.2. The molecule has 2 aromatic carbocycles. The standard InChI is InChI=1S/C22H25FN4O/c1-3-26(18-10-5-4-6-11-18)15-9-14-24-22(28)19-16-25-27(17(19)2)21-13-8-7-12-20(21)23/h4-8,10-13,16H,3,9,14-15H2,1-2H3,(H,24,28). The van der Waals surface area contributed by atoms with Crippen molar-refractivity contribution in [2.45, 2.75) is 20.3 Å². The van der Waals surface area contributed by atoms with E-state index < -0.39 is 0 Å². The van der Waals surface area contributed by atoms with Crippen LogP contribution in [0.2, 0.25) is 0 Å². The number of aromatic nitrogens is 2. The first-order valence-electron chi connectivity index (χ1n) is 9.49. The van der Waals surface area contributed by atoms with Crippen LogP contribution < -0.4 is 10.2 Å². The molecule has 3 rings (SSSR count). The number of hydrogen-bond donors (Lipinski definition) is 1. The highest BCUT2D eigenvalue weighted by atomic mass is 19.1. The summed E-state index contributed by atoms with van der Waals surface area (Å²) in [4.78, 5) is 14.8. The minimum atomic E-state index is -0.374. The molecule has 146 valence electrons. The minimum Gasteiger partial charge on any atom is -0.372 e. The first-order chi connectivity index (χ1) is 13.6. The van der Waals surface area contributed by atoms with Crippen molar-refractivity contribution in [1.29, 1.82) is 0 Å². The maximum atomic E-state index is 14.0. The quantitative estimate of drug-likeness (QED) is 0.602. The average molecular weight is 380 g/mol. The van der Waals surface area contributed by atoms with E-state index in [9.17, 15) is 9.18 Å². The van der Waals surface area contributed by atoms with Crippen molar-refractivity contribution in [1.82, 2.24) is 15.1 Å². The van der Waals surface area contributed by atoms with E-state index in [0.717, 1.165) is 19.5 Å². The number of carbonyl (C=O) groups is 1. The number of halogens is 1. The van der Waals surface area contributed by atoms with Crippen LogP contribution in [-0.4, -0.2) is 35.3 Å². The molecule has 0 saturated heterocycles. The molecule has 1 heterocycles. The first-order valence-corrected chi connectivity index (χ1v) is 9.49. The van der Waals surface area contributed by atoms with Gasteiger partial charge in [-0.25, -0.2) is 9.07 Å². The number of benzene rings is 2. The second-order valence-electron chi connectivity index (χ2n) is 6.53. The molecule has 0 spiro atoms. The largest absolute Gasteiger partial charge is 0.372 e. The number of nitrogens with zero attached hydrogens (tertiary/aromatic N) is 3. The van der Waals surface area contributed by atoms with Gasteiger partial charge in [-0.2, -0.15) is 5.10 Å². The number of carbonyl (C=O) groups excluding carboxylic acids is 1. The summed E-state index contributed by atoms with van der Waals surface area (Å²) in [6, 6.07) is 16.6. The lowest BCUT2D eigenvalue weighted by Gasteiger charge is -2.23. The molecule has 3 aromatic rings. The highest BCUT2D eigenvalue weighted by Crippen LogP contribution is 2.17. The zero-order chi connectivity index (χ0) is 19.9. The molecular formula is C22H25FN4O. The maximum Gasteiger partial charge on any atom is 0.254 e. The lowest BCUT2D eigenvalue weighted by Crippen LogP contribution is -2.30. The summed E-state index contributed by atoms with van der Waals surface area (Å²) < 4.78 is 15.5. The van der Waals surface area contributed by atoms with E-state index in [-0.39, 0.29) is 11.7 Å². The van der Waals surface area contributed by atoms with Gasteiger partial charge in [0.05, 0.1) is 17.5 Å². The minimum absolute atomic E-state index is 0.192. The average Bonchev–Trinajstić information content (AvgIpc) is 3.10. The molecule has 0 atom stereocenters. The van der Waals surface area contributed by atoms with E-state index in [1.807, 2.05) is 18.2 Å². The molecule has 1 amide bonds. The molecule has 0 aliphatic heterocycles. The number of hydrogen-bond acceptors (Lipinski definition) is 3. The van der Waals surface area contributed by atoms with Crippen LogP contribution in [-0.2, 0) is 0 Å². The Bertz CT molecular complexity index is 923. The second-order valence-corrected chi connectivity index (χ2v) is 6.53. The van der Waals surface area contributed by atoms with Crippen molar-refractivity contribution < 1.29 is 9.18 Å². The van der Waals surface area contributed by atoms with E-state index in [1.54, 1.807) is 25.1 Å². The van der Waals surface area contributed by atoms with Crippen LogP contribution in [0, 0.1) is 12.7 Å². The van der Waals surface area contributed by atoms with Crippen LogP contribution >= 0.6 is 0 Å². The van der Waals surface area contributed by atoms with Gasteiger partial charge in [0.25, 0.3) is 5.91 Å². The van der Waals surface area contributed by atoms with Crippen molar-refractivity contribution in [3.05, 3.63) is 77.9 Å². The fourth-order valence-electron chi connectivity index (χ4n) is 3.17. The number of nitrogens with one attached hydrogen (secondary N) is 1. The second kappa shape index (κ2) is 9.17. The Hall–Kier alpha value is -3.15. The van der Waals surface area contributed by atoms with Gasteiger partial charge >= 0.3 is 0 Å². The third-order valence-corrected chi connectivity index (χ3v) is 4.73. The van der Waals surface area contributed by atoms with Crippen molar-refractivity contribution in [2.75, 3.05) is 24.5 Å². The van der Waals surface area contributed by atoms with Gasteiger partial charge in [-0.05, 0) is 44.5 Å². The number of rotatable bonds is 8. The highest BCUT2D eigenvalue weighted by Gasteiger charge is 2.16. The summed E-state index contributed by atoms with van der Waals surface area (Å²) in [6.07, 6.45) is 2.31. The predicted molar refractivity (Wildman–Crippen MR) is 110 cm³/mol. The normalized spacial score (nSPS) is 10.7. The summed E-state index contributed by atoms with van der Waals surface area (Å²) in [5, 5.41) is 7.12. The summed E-state index contributed by atoms with van der Waals surface area (Å²) in [7, 11) is 0. The first kappa shape index (κ1) is 19.6. The Kier molecular flexibility index (Phi) is 6.42.